The number of halogens is 1. The Balaban J connectivity index is 1.59. The lowest BCUT2D eigenvalue weighted by molar-refractivity contribution is -0.119. The van der Waals surface area contributed by atoms with E-state index >= 15 is 0 Å². The van der Waals surface area contributed by atoms with E-state index < -0.39 is 18.0 Å². The maximum atomic E-state index is 14.8. The van der Waals surface area contributed by atoms with Gasteiger partial charge in [0, 0.05) is 13.1 Å². The highest BCUT2D eigenvalue weighted by molar-refractivity contribution is 5.90. The first-order valence-electron chi connectivity index (χ1n) is 8.61. The van der Waals surface area contributed by atoms with Gasteiger partial charge in [0.25, 0.3) is 0 Å². The lowest BCUT2D eigenvalue weighted by atomic mass is 10.2. The van der Waals surface area contributed by atoms with Crippen LogP contribution in [0, 0.1) is 5.82 Å². The zero-order chi connectivity index (χ0) is 19.0. The molecule has 0 aliphatic carbocycles. The first-order valence-corrected chi connectivity index (χ1v) is 8.61. The molecule has 6 nitrogen and oxygen atoms in total. The second-order valence-corrected chi connectivity index (χ2v) is 6.43. The number of nitrogens with one attached hydrogen (secondary N) is 1. The third-order valence-electron chi connectivity index (χ3n) is 4.55. The molecule has 0 radical (unpaired) electrons. The summed E-state index contributed by atoms with van der Waals surface area (Å²) in [6, 6.07) is 14.3. The Bertz CT molecular complexity index is 1030. The molecular formula is C20H18FN3O3. The van der Waals surface area contributed by atoms with E-state index in [4.69, 9.17) is 4.74 Å². The van der Waals surface area contributed by atoms with Gasteiger partial charge in [0.15, 0.2) is 0 Å². The van der Waals surface area contributed by atoms with E-state index in [1.165, 1.54) is 17.9 Å². The monoisotopic (exact) mass is 367 g/mol. The van der Waals surface area contributed by atoms with Crippen molar-refractivity contribution >= 4 is 28.6 Å². The van der Waals surface area contributed by atoms with Crippen molar-refractivity contribution in [3.05, 3.63) is 60.5 Å². The van der Waals surface area contributed by atoms with E-state index in [2.05, 4.69) is 5.32 Å². The summed E-state index contributed by atoms with van der Waals surface area (Å²) in [4.78, 5) is 24.5. The van der Waals surface area contributed by atoms with E-state index in [1.54, 1.807) is 16.7 Å². The first kappa shape index (κ1) is 17.1. The largest absolute Gasteiger partial charge is 0.442 e. The molecule has 1 atom stereocenters. The lowest BCUT2D eigenvalue weighted by Gasteiger charge is -2.15. The fraction of sp³-hybridized carbons (Fsp3) is 0.200. The smallest absolute Gasteiger partial charge is 0.414 e. The molecule has 1 saturated heterocycles. The molecule has 1 aliphatic rings. The number of benzene rings is 2. The van der Waals surface area contributed by atoms with Crippen LogP contribution in [0.5, 0.6) is 0 Å². The van der Waals surface area contributed by atoms with Crippen LogP contribution in [-0.4, -0.2) is 35.8 Å². The van der Waals surface area contributed by atoms with E-state index in [1.807, 2.05) is 36.5 Å². The highest BCUT2D eigenvalue weighted by Crippen LogP contribution is 2.27. The molecule has 0 spiro atoms. The minimum absolute atomic E-state index is 0.196. The van der Waals surface area contributed by atoms with Crippen LogP contribution in [0.3, 0.4) is 0 Å². The summed E-state index contributed by atoms with van der Waals surface area (Å²) in [5, 5.41) is 3.63. The van der Waals surface area contributed by atoms with Gasteiger partial charge >= 0.3 is 6.09 Å². The van der Waals surface area contributed by atoms with Crippen LogP contribution in [0.15, 0.2) is 54.7 Å². The Morgan fingerprint density at radius 3 is 2.85 bits per heavy atom. The number of anilines is 1. The van der Waals surface area contributed by atoms with E-state index in [0.29, 0.717) is 11.4 Å². The molecule has 1 N–H and O–H groups in total. The number of ether oxygens (including phenoxy) is 1. The van der Waals surface area contributed by atoms with Gasteiger partial charge in [-0.2, -0.15) is 0 Å². The highest BCUT2D eigenvalue weighted by Gasteiger charge is 2.32. The van der Waals surface area contributed by atoms with E-state index in [0.717, 1.165) is 10.9 Å². The number of rotatable bonds is 4. The summed E-state index contributed by atoms with van der Waals surface area (Å²) in [7, 11) is 0. The van der Waals surface area contributed by atoms with Gasteiger partial charge in [-0.25, -0.2) is 9.18 Å². The van der Waals surface area contributed by atoms with Crippen molar-refractivity contribution in [3.8, 4) is 5.69 Å². The molecule has 0 bridgehead atoms. The maximum absolute atomic E-state index is 14.8. The van der Waals surface area contributed by atoms with Crippen LogP contribution in [0.25, 0.3) is 16.6 Å². The first-order chi connectivity index (χ1) is 13.0. The molecule has 1 aliphatic heterocycles. The summed E-state index contributed by atoms with van der Waals surface area (Å²) < 4.78 is 21.8. The zero-order valence-electron chi connectivity index (χ0n) is 14.7. The maximum Gasteiger partial charge on any atom is 0.414 e. The van der Waals surface area contributed by atoms with Crippen LogP contribution < -0.4 is 10.2 Å². The second-order valence-electron chi connectivity index (χ2n) is 6.43. The minimum Gasteiger partial charge on any atom is -0.442 e. The van der Waals surface area contributed by atoms with Gasteiger partial charge in [0.2, 0.25) is 5.91 Å². The number of carbonyl (C=O) groups excluding carboxylic acids is 2. The van der Waals surface area contributed by atoms with Crippen LogP contribution in [0.2, 0.25) is 0 Å². The number of hydrogen-bond donors (Lipinski definition) is 1. The number of fused-ring (bicyclic) bond motifs is 1. The molecular weight excluding hydrogens is 349 g/mol. The molecule has 1 aromatic heterocycles. The Labute approximate surface area is 155 Å². The topological polar surface area (TPSA) is 63.6 Å². The van der Waals surface area contributed by atoms with E-state index in [9.17, 15) is 14.0 Å². The standard InChI is InChI=1S/C20H18FN3O3/c1-13(25)22-11-16-12-24(20(26)27-16)15-6-7-19(17(21)10-15)23-9-8-14-4-2-3-5-18(14)23/h2-10,16H,11-12H2,1H3,(H,22,25)/t16-/m0/s1. The Morgan fingerprint density at radius 1 is 1.26 bits per heavy atom. The second kappa shape index (κ2) is 6.75. The van der Waals surface area contributed by atoms with Crippen molar-refractivity contribution in [3.63, 3.8) is 0 Å². The van der Waals surface area contributed by atoms with Crippen LogP contribution in [-0.2, 0) is 9.53 Å². The number of cyclic esters (lactones) is 1. The van der Waals surface area contributed by atoms with Crippen molar-refractivity contribution in [1.82, 2.24) is 9.88 Å². The third kappa shape index (κ3) is 3.23. The molecule has 4 rings (SSSR count). The number of carbonyl (C=O) groups is 2. The van der Waals surface area contributed by atoms with Gasteiger partial charge in [-0.1, -0.05) is 18.2 Å². The van der Waals surface area contributed by atoms with Gasteiger partial charge in [-0.05, 0) is 35.7 Å². The van der Waals surface area contributed by atoms with Crippen molar-refractivity contribution in [2.24, 2.45) is 0 Å². The van der Waals surface area contributed by atoms with Crippen molar-refractivity contribution in [1.29, 1.82) is 0 Å². The van der Waals surface area contributed by atoms with Crippen LogP contribution in [0.4, 0.5) is 14.9 Å². The van der Waals surface area contributed by atoms with Gasteiger partial charge in [0.1, 0.15) is 11.9 Å². The van der Waals surface area contributed by atoms with Crippen molar-refractivity contribution < 1.29 is 18.7 Å². The molecule has 2 heterocycles. The fourth-order valence-electron chi connectivity index (χ4n) is 3.25. The SMILES string of the molecule is CC(=O)NC[C@H]1CN(c2ccc(-n3ccc4ccccc43)c(F)c2)C(=O)O1. The summed E-state index contributed by atoms with van der Waals surface area (Å²) >= 11 is 0. The number of hydrogen-bond acceptors (Lipinski definition) is 3. The van der Waals surface area contributed by atoms with E-state index in [-0.39, 0.29) is 19.0 Å². The molecule has 138 valence electrons. The number of nitrogens with zero attached hydrogens (tertiary/aromatic N) is 2. The predicted octanol–water partition coefficient (Wildman–Crippen LogP) is 3.23. The molecule has 7 heteroatoms. The Hall–Kier alpha value is -3.35. The Morgan fingerprint density at radius 2 is 2.07 bits per heavy atom. The number of aromatic nitrogens is 1. The van der Waals surface area contributed by atoms with Gasteiger partial charge in [-0.15, -0.1) is 0 Å². The fourth-order valence-corrected chi connectivity index (χ4v) is 3.25. The average molecular weight is 367 g/mol. The molecule has 0 unspecified atom stereocenters. The predicted molar refractivity (Wildman–Crippen MR) is 99.5 cm³/mol. The quantitative estimate of drug-likeness (QED) is 0.770. The Kier molecular flexibility index (Phi) is 4.27. The molecule has 2 aromatic carbocycles. The number of amides is 2. The lowest BCUT2D eigenvalue weighted by Crippen LogP contribution is -2.33. The molecule has 0 saturated carbocycles. The summed E-state index contributed by atoms with van der Waals surface area (Å²) in [5.74, 6) is -0.634. The summed E-state index contributed by atoms with van der Waals surface area (Å²) in [5.41, 5.74) is 1.73. The van der Waals surface area contributed by atoms with Crippen molar-refractivity contribution in [2.45, 2.75) is 13.0 Å². The van der Waals surface area contributed by atoms with Crippen molar-refractivity contribution in [2.75, 3.05) is 18.0 Å². The minimum atomic E-state index is -0.552. The summed E-state index contributed by atoms with van der Waals surface area (Å²) in [6.07, 6.45) is 0.803. The van der Waals surface area contributed by atoms with Crippen LogP contribution in [0.1, 0.15) is 6.92 Å². The van der Waals surface area contributed by atoms with Gasteiger partial charge in [0.05, 0.1) is 30.0 Å². The zero-order valence-corrected chi connectivity index (χ0v) is 14.7. The molecule has 3 aromatic rings. The molecule has 1 fully saturated rings. The summed E-state index contributed by atoms with van der Waals surface area (Å²) in [6.45, 7) is 1.88. The average Bonchev–Trinajstić information content (AvgIpc) is 3.23. The van der Waals surface area contributed by atoms with Gasteiger partial charge in [-0.3, -0.25) is 9.69 Å². The normalized spacial score (nSPS) is 16.6. The van der Waals surface area contributed by atoms with Gasteiger partial charge < -0.3 is 14.6 Å². The molecule has 2 amide bonds. The third-order valence-corrected chi connectivity index (χ3v) is 4.55. The number of para-hydroxylation sites is 1. The molecule has 27 heavy (non-hydrogen) atoms. The highest BCUT2D eigenvalue weighted by atomic mass is 19.1. The van der Waals surface area contributed by atoms with Crippen LogP contribution >= 0.6 is 0 Å².